The predicted molar refractivity (Wildman–Crippen MR) is 131 cm³/mol. The van der Waals surface area contributed by atoms with Crippen molar-refractivity contribution in [3.8, 4) is 0 Å². The van der Waals surface area contributed by atoms with Gasteiger partial charge < -0.3 is 4.90 Å². The average molecular weight is 461 g/mol. The highest BCUT2D eigenvalue weighted by Crippen LogP contribution is 2.33. The van der Waals surface area contributed by atoms with E-state index in [1.54, 1.807) is 22.7 Å². The van der Waals surface area contributed by atoms with Crippen molar-refractivity contribution in [1.82, 2.24) is 14.9 Å². The number of nitrogens with zero attached hydrogens (tertiary/aromatic N) is 4. The number of aryl methyl sites for hydroxylation is 2. The first kappa shape index (κ1) is 22.6. The van der Waals surface area contributed by atoms with Crippen molar-refractivity contribution >= 4 is 66.6 Å². The zero-order chi connectivity index (χ0) is 20.5. The standard InChI is InChI=1S/C22H24N4OS2.ClH/c1-14-10-15(2)20-19(11-14)29-22(24-20)26(9-5-8-25(3)4)21(27)16-6-7-17-18(12-16)28-13-23-17;/h6-7,10-13H,5,8-9H2,1-4H3;1H. The van der Waals surface area contributed by atoms with Crippen LogP contribution >= 0.6 is 35.1 Å². The summed E-state index contributed by atoms with van der Waals surface area (Å²) >= 11 is 3.15. The molecule has 2 aromatic heterocycles. The molecule has 0 saturated heterocycles. The van der Waals surface area contributed by atoms with Crippen molar-refractivity contribution in [2.24, 2.45) is 0 Å². The third kappa shape index (κ3) is 4.64. The number of amides is 1. The Kier molecular flexibility index (Phi) is 7.08. The smallest absolute Gasteiger partial charge is 0.260 e. The van der Waals surface area contributed by atoms with Gasteiger partial charge >= 0.3 is 0 Å². The monoisotopic (exact) mass is 460 g/mol. The summed E-state index contributed by atoms with van der Waals surface area (Å²) in [5.41, 5.74) is 6.77. The quantitative estimate of drug-likeness (QED) is 0.379. The van der Waals surface area contributed by atoms with Gasteiger partial charge in [0.25, 0.3) is 5.91 Å². The Morgan fingerprint density at radius 2 is 1.87 bits per heavy atom. The van der Waals surface area contributed by atoms with Crippen molar-refractivity contribution in [2.75, 3.05) is 32.1 Å². The predicted octanol–water partition coefficient (Wildman–Crippen LogP) is 5.54. The van der Waals surface area contributed by atoms with Gasteiger partial charge in [0.05, 0.1) is 25.9 Å². The van der Waals surface area contributed by atoms with Gasteiger partial charge in [0.1, 0.15) is 0 Å². The molecule has 0 atom stereocenters. The highest BCUT2D eigenvalue weighted by atomic mass is 35.5. The summed E-state index contributed by atoms with van der Waals surface area (Å²) in [6, 6.07) is 10.0. The Morgan fingerprint density at radius 3 is 2.63 bits per heavy atom. The fourth-order valence-corrected chi connectivity index (χ4v) is 5.33. The van der Waals surface area contributed by atoms with Crippen LogP contribution in [0.25, 0.3) is 20.4 Å². The van der Waals surface area contributed by atoms with Crippen molar-refractivity contribution in [1.29, 1.82) is 0 Å². The van der Waals surface area contributed by atoms with E-state index in [-0.39, 0.29) is 18.3 Å². The number of aromatic nitrogens is 2. The number of hydrogen-bond acceptors (Lipinski definition) is 6. The Balaban J connectivity index is 0.00000256. The van der Waals surface area contributed by atoms with Crippen LogP contribution in [0.2, 0.25) is 0 Å². The minimum atomic E-state index is -0.00696. The number of fused-ring (bicyclic) bond motifs is 2. The first-order chi connectivity index (χ1) is 13.9. The van der Waals surface area contributed by atoms with Crippen molar-refractivity contribution in [2.45, 2.75) is 20.3 Å². The minimum absolute atomic E-state index is 0. The maximum Gasteiger partial charge on any atom is 0.260 e. The minimum Gasteiger partial charge on any atom is -0.309 e. The first-order valence-electron chi connectivity index (χ1n) is 9.60. The topological polar surface area (TPSA) is 49.3 Å². The number of benzene rings is 2. The fraction of sp³-hybridized carbons (Fsp3) is 0.318. The molecule has 2 heterocycles. The Bertz CT molecular complexity index is 1180. The van der Waals surface area contributed by atoms with E-state index in [0.29, 0.717) is 12.1 Å². The van der Waals surface area contributed by atoms with Crippen LogP contribution in [-0.4, -0.2) is 48.0 Å². The second kappa shape index (κ2) is 9.39. The molecule has 0 aliphatic rings. The molecular weight excluding hydrogens is 436 g/mol. The van der Waals surface area contributed by atoms with Crippen molar-refractivity contribution in [3.05, 3.63) is 52.5 Å². The van der Waals surface area contributed by atoms with Crippen LogP contribution < -0.4 is 4.90 Å². The van der Waals surface area contributed by atoms with E-state index in [2.05, 4.69) is 35.9 Å². The van der Waals surface area contributed by atoms with E-state index in [9.17, 15) is 4.79 Å². The third-order valence-electron chi connectivity index (χ3n) is 4.86. The van der Waals surface area contributed by atoms with Crippen LogP contribution in [-0.2, 0) is 0 Å². The molecule has 0 aliphatic heterocycles. The summed E-state index contributed by atoms with van der Waals surface area (Å²) in [6.07, 6.45) is 0.884. The second-order valence-corrected chi connectivity index (χ2v) is 9.47. The lowest BCUT2D eigenvalue weighted by molar-refractivity contribution is 0.0986. The second-order valence-electron chi connectivity index (χ2n) is 7.57. The molecule has 0 radical (unpaired) electrons. The van der Waals surface area contributed by atoms with Crippen LogP contribution in [0.3, 0.4) is 0 Å². The molecule has 5 nitrogen and oxygen atoms in total. The van der Waals surface area contributed by atoms with Crippen LogP contribution in [0.5, 0.6) is 0 Å². The number of carbonyl (C=O) groups is 1. The van der Waals surface area contributed by atoms with E-state index in [4.69, 9.17) is 4.98 Å². The molecular formula is C22H25ClN4OS2. The lowest BCUT2D eigenvalue weighted by Crippen LogP contribution is -2.33. The first-order valence-corrected chi connectivity index (χ1v) is 11.3. The van der Waals surface area contributed by atoms with E-state index >= 15 is 0 Å². The van der Waals surface area contributed by atoms with Gasteiger partial charge in [-0.1, -0.05) is 17.4 Å². The van der Waals surface area contributed by atoms with E-state index in [1.165, 1.54) is 5.56 Å². The Labute approximate surface area is 190 Å². The van der Waals surface area contributed by atoms with Gasteiger partial charge in [-0.15, -0.1) is 23.7 Å². The summed E-state index contributed by atoms with van der Waals surface area (Å²) in [4.78, 5) is 26.6. The highest BCUT2D eigenvalue weighted by Gasteiger charge is 2.22. The van der Waals surface area contributed by atoms with Gasteiger partial charge in [0.2, 0.25) is 0 Å². The maximum atomic E-state index is 13.5. The number of thiazole rings is 2. The molecule has 0 aliphatic carbocycles. The summed E-state index contributed by atoms with van der Waals surface area (Å²) in [5, 5.41) is 0.766. The van der Waals surface area contributed by atoms with Gasteiger partial charge in [0, 0.05) is 12.1 Å². The molecule has 4 aromatic rings. The van der Waals surface area contributed by atoms with Gasteiger partial charge in [0.15, 0.2) is 5.13 Å². The number of anilines is 1. The van der Waals surface area contributed by atoms with E-state index in [1.807, 2.05) is 42.7 Å². The molecule has 8 heteroatoms. The summed E-state index contributed by atoms with van der Waals surface area (Å²) in [5.74, 6) is -0.00696. The van der Waals surface area contributed by atoms with Crippen LogP contribution in [0.4, 0.5) is 5.13 Å². The molecule has 2 aromatic carbocycles. The van der Waals surface area contributed by atoms with Gasteiger partial charge in [-0.25, -0.2) is 9.97 Å². The fourth-order valence-electron chi connectivity index (χ4n) is 3.45. The third-order valence-corrected chi connectivity index (χ3v) is 6.68. The maximum absolute atomic E-state index is 13.5. The molecule has 30 heavy (non-hydrogen) atoms. The lowest BCUT2D eigenvalue weighted by Gasteiger charge is -2.21. The molecule has 0 saturated carbocycles. The normalized spacial score (nSPS) is 11.2. The molecule has 1 amide bonds. The number of carbonyl (C=O) groups excluding carboxylic acids is 1. The number of rotatable bonds is 6. The molecule has 158 valence electrons. The van der Waals surface area contributed by atoms with Gasteiger partial charge in [-0.3, -0.25) is 9.69 Å². The summed E-state index contributed by atoms with van der Waals surface area (Å²) in [6.45, 7) is 5.72. The van der Waals surface area contributed by atoms with Crippen LogP contribution in [0.1, 0.15) is 27.9 Å². The van der Waals surface area contributed by atoms with Gasteiger partial charge in [-0.05, 0) is 76.3 Å². The highest BCUT2D eigenvalue weighted by molar-refractivity contribution is 7.22. The van der Waals surface area contributed by atoms with Crippen molar-refractivity contribution in [3.63, 3.8) is 0 Å². The summed E-state index contributed by atoms with van der Waals surface area (Å²) in [7, 11) is 4.10. The van der Waals surface area contributed by atoms with Gasteiger partial charge in [-0.2, -0.15) is 0 Å². The molecule has 0 N–H and O–H groups in total. The largest absolute Gasteiger partial charge is 0.309 e. The van der Waals surface area contributed by atoms with Crippen LogP contribution in [0.15, 0.2) is 35.8 Å². The molecule has 0 unspecified atom stereocenters. The zero-order valence-electron chi connectivity index (χ0n) is 17.5. The summed E-state index contributed by atoms with van der Waals surface area (Å²) < 4.78 is 2.15. The zero-order valence-corrected chi connectivity index (χ0v) is 20.0. The van der Waals surface area contributed by atoms with Crippen LogP contribution in [0, 0.1) is 13.8 Å². The van der Waals surface area contributed by atoms with E-state index in [0.717, 1.165) is 44.1 Å². The van der Waals surface area contributed by atoms with Crippen molar-refractivity contribution < 1.29 is 4.79 Å². The number of hydrogen-bond donors (Lipinski definition) is 0. The molecule has 4 rings (SSSR count). The lowest BCUT2D eigenvalue weighted by atomic mass is 10.1. The molecule has 0 spiro atoms. The average Bonchev–Trinajstić information content (AvgIpc) is 3.30. The SMILES string of the molecule is Cc1cc(C)c2nc(N(CCCN(C)C)C(=O)c3ccc4ncsc4c3)sc2c1.Cl. The van der Waals surface area contributed by atoms with E-state index < -0.39 is 0 Å². The molecule has 0 bridgehead atoms. The molecule has 0 fully saturated rings. The number of halogens is 1. The Hall–Kier alpha value is -2.06. The Morgan fingerprint density at radius 1 is 1.07 bits per heavy atom.